The molecule has 0 saturated heterocycles. The number of fused-ring (bicyclic) bond motifs is 4. The fourth-order valence-corrected chi connectivity index (χ4v) is 6.89. The third-order valence-corrected chi connectivity index (χ3v) is 9.16. The molecule has 0 fully saturated rings. The van der Waals surface area contributed by atoms with E-state index in [1.807, 2.05) is 44.2 Å². The zero-order chi connectivity index (χ0) is 48.5. The zero-order valence-electron chi connectivity index (χ0n) is 44.0. The highest BCUT2D eigenvalue weighted by Crippen LogP contribution is 2.52. The Morgan fingerprint density at radius 1 is 0.440 bits per heavy atom. The highest BCUT2D eigenvalue weighted by atomic mass is 15.1. The lowest BCUT2D eigenvalue weighted by Gasteiger charge is -2.27. The lowest BCUT2D eigenvalue weighted by Crippen LogP contribution is -2.16. The average molecular weight is 657 g/mol. The molecule has 0 saturated carbocycles. The molecule has 238 valence electrons. The van der Waals surface area contributed by atoms with E-state index in [9.17, 15) is 13.7 Å². The Hall–Kier alpha value is -6.18. The van der Waals surface area contributed by atoms with Gasteiger partial charge in [0.1, 0.15) is 0 Å². The molecule has 0 spiro atoms. The second-order valence-electron chi connectivity index (χ2n) is 12.4. The molecule has 50 heavy (non-hydrogen) atoms. The number of hydrogen-bond acceptors (Lipinski definition) is 1. The van der Waals surface area contributed by atoms with E-state index in [2.05, 4.69) is 0 Å². The van der Waals surface area contributed by atoms with Gasteiger partial charge in [-0.15, -0.1) is 0 Å². The SMILES string of the molecule is [2H]c1c([2H])c([2H])c(-c2c([2H])c([2H])c(N(c3c([2H])c([2H])c(-c4cccc5c4C(C)(C)c4ccccc4-5)c([2H])c3[2H])c3c([2H])c([2H])c([2H])c(-c4cccc5ccccc45)c3[2H])c([2H])c2[2H])c([2H])c1[2H]. The number of anilines is 3. The molecular formula is C49H37N. The maximum atomic E-state index is 9.83. The molecule has 0 heterocycles. The lowest BCUT2D eigenvalue weighted by molar-refractivity contribution is 0.662. The summed E-state index contributed by atoms with van der Waals surface area (Å²) in [7, 11) is 0. The minimum atomic E-state index is -0.962. The maximum Gasteiger partial charge on any atom is 0.0651 e. The number of benzene rings is 8. The van der Waals surface area contributed by atoms with Gasteiger partial charge in [0.25, 0.3) is 0 Å². The minimum Gasteiger partial charge on any atom is -0.310 e. The third kappa shape index (κ3) is 5.02. The van der Waals surface area contributed by atoms with E-state index < -0.39 is 136 Å². The molecule has 0 atom stereocenters. The molecule has 0 aliphatic heterocycles. The summed E-state index contributed by atoms with van der Waals surface area (Å²) in [5.74, 6) is 0. The maximum absolute atomic E-state index is 9.83. The quantitative estimate of drug-likeness (QED) is 0.172. The molecule has 8 aromatic rings. The van der Waals surface area contributed by atoms with Crippen LogP contribution in [0.25, 0.3) is 55.3 Å². The van der Waals surface area contributed by atoms with Gasteiger partial charge in [0, 0.05) is 22.5 Å². The van der Waals surface area contributed by atoms with Crippen molar-refractivity contribution < 1.29 is 23.3 Å². The first-order valence-corrected chi connectivity index (χ1v) is 16.1. The molecule has 1 heteroatoms. The van der Waals surface area contributed by atoms with E-state index in [4.69, 9.17) is 9.60 Å². The zero-order valence-corrected chi connectivity index (χ0v) is 27.0. The van der Waals surface area contributed by atoms with Gasteiger partial charge >= 0.3 is 0 Å². The fourth-order valence-electron chi connectivity index (χ4n) is 6.89. The van der Waals surface area contributed by atoms with Gasteiger partial charge < -0.3 is 4.90 Å². The van der Waals surface area contributed by atoms with Crippen LogP contribution in [0.5, 0.6) is 0 Å². The second-order valence-corrected chi connectivity index (χ2v) is 12.4. The smallest absolute Gasteiger partial charge is 0.0651 e. The van der Waals surface area contributed by atoms with Crippen LogP contribution in [0.3, 0.4) is 0 Å². The van der Waals surface area contributed by atoms with Crippen molar-refractivity contribution in [2.24, 2.45) is 0 Å². The largest absolute Gasteiger partial charge is 0.310 e. The minimum absolute atomic E-state index is 0.0937. The number of nitrogens with zero attached hydrogens (tertiary/aromatic N) is 1. The Labute approximate surface area is 318 Å². The summed E-state index contributed by atoms with van der Waals surface area (Å²) in [5.41, 5.74) is -0.209. The van der Waals surface area contributed by atoms with Crippen LogP contribution in [0.4, 0.5) is 17.1 Å². The Morgan fingerprint density at radius 2 is 1.02 bits per heavy atom. The van der Waals surface area contributed by atoms with E-state index >= 15 is 0 Å². The molecule has 0 bridgehead atoms. The Kier molecular flexibility index (Phi) is 4.09. The Morgan fingerprint density at radius 3 is 1.82 bits per heavy atom. The predicted octanol–water partition coefficient (Wildman–Crippen LogP) is 13.6. The normalized spacial score (nSPS) is 17.5. The Bertz CT molecular complexity index is 3400. The average Bonchev–Trinajstić information content (AvgIpc) is 3.55. The van der Waals surface area contributed by atoms with Crippen molar-refractivity contribution in [2.45, 2.75) is 19.3 Å². The molecule has 9 rings (SSSR count). The van der Waals surface area contributed by atoms with E-state index in [-0.39, 0.29) is 16.7 Å². The van der Waals surface area contributed by atoms with Crippen LogP contribution in [0.15, 0.2) is 188 Å². The van der Waals surface area contributed by atoms with Crippen LogP contribution in [0, 0.1) is 0 Å². The lowest BCUT2D eigenvalue weighted by atomic mass is 9.79. The molecule has 1 aliphatic carbocycles. The molecule has 1 aliphatic rings. The monoisotopic (exact) mass is 656 g/mol. The first-order chi connectivity index (χ1) is 31.7. The van der Waals surface area contributed by atoms with Crippen molar-refractivity contribution in [3.8, 4) is 44.5 Å². The topological polar surface area (TPSA) is 3.24 Å². The highest BCUT2D eigenvalue weighted by molar-refractivity contribution is 5.97. The summed E-state index contributed by atoms with van der Waals surface area (Å²) in [6, 6.07) is 12.1. The van der Waals surface area contributed by atoms with Gasteiger partial charge in [-0.3, -0.25) is 0 Å². The first kappa shape index (κ1) is 17.0. The van der Waals surface area contributed by atoms with Crippen LogP contribution in [0.2, 0.25) is 0 Å². The van der Waals surface area contributed by atoms with Crippen molar-refractivity contribution >= 4 is 27.8 Å². The molecule has 0 N–H and O–H groups in total. The van der Waals surface area contributed by atoms with E-state index in [1.165, 1.54) is 0 Å². The first-order valence-electron chi connectivity index (χ1n) is 24.6. The van der Waals surface area contributed by atoms with Gasteiger partial charge in [-0.2, -0.15) is 0 Å². The van der Waals surface area contributed by atoms with Gasteiger partial charge in [0.05, 0.1) is 23.3 Å². The van der Waals surface area contributed by atoms with Gasteiger partial charge in [0.15, 0.2) is 0 Å². The molecule has 0 radical (unpaired) electrons. The van der Waals surface area contributed by atoms with Crippen LogP contribution >= 0.6 is 0 Å². The molecule has 8 aromatic carbocycles. The van der Waals surface area contributed by atoms with Crippen LogP contribution in [-0.2, 0) is 5.41 Å². The van der Waals surface area contributed by atoms with Gasteiger partial charge in [-0.05, 0) is 103 Å². The summed E-state index contributed by atoms with van der Waals surface area (Å²) in [4.78, 5) is 0.739. The van der Waals surface area contributed by atoms with Crippen LogP contribution in [0.1, 0.15) is 48.3 Å². The Balaban J connectivity index is 1.41. The van der Waals surface area contributed by atoms with Crippen molar-refractivity contribution in [2.75, 3.05) is 4.90 Å². The number of rotatable bonds is 6. The van der Waals surface area contributed by atoms with Gasteiger partial charge in [0.2, 0.25) is 0 Å². The van der Waals surface area contributed by atoms with Crippen LogP contribution < -0.4 is 4.90 Å². The van der Waals surface area contributed by atoms with Crippen molar-refractivity contribution in [3.63, 3.8) is 0 Å². The molecule has 1 nitrogen and oxygen atoms in total. The molecule has 0 aromatic heterocycles. The van der Waals surface area contributed by atoms with Crippen LogP contribution in [-0.4, -0.2) is 0 Å². The third-order valence-electron chi connectivity index (χ3n) is 9.16. The fraction of sp³-hybridized carbons (Fsp3) is 0.0612. The van der Waals surface area contributed by atoms with E-state index in [0.29, 0.717) is 16.3 Å². The summed E-state index contributed by atoms with van der Waals surface area (Å²) < 4.78 is 156. The predicted molar refractivity (Wildman–Crippen MR) is 213 cm³/mol. The van der Waals surface area contributed by atoms with E-state index in [0.717, 1.165) is 27.2 Å². The van der Waals surface area contributed by atoms with Crippen molar-refractivity contribution in [1.82, 2.24) is 0 Å². The second kappa shape index (κ2) is 12.1. The number of hydrogen-bond donors (Lipinski definition) is 0. The highest BCUT2D eigenvalue weighted by Gasteiger charge is 2.37. The van der Waals surface area contributed by atoms with Gasteiger partial charge in [-0.25, -0.2) is 0 Å². The van der Waals surface area contributed by atoms with Gasteiger partial charge in [-0.1, -0.05) is 165 Å². The standard InChI is InChI=1S/C49H37N/c1-49(2)47-24-9-8-20-45(47)46-23-12-22-44(48(46)49)37-27-31-40(32-28-37)50(39-29-25-35(26-30-39)34-13-4-3-5-14-34)41-18-10-17-38(33-41)43-21-11-16-36-15-6-7-19-42(36)43/h3-33H,1-2H3/i3D,4D,5D,10D,13D,14D,17D,18D,25D,26D,27D,28D,29D,30D,31D,32D,33D. The summed E-state index contributed by atoms with van der Waals surface area (Å²) in [6.07, 6.45) is 0. The molecule has 0 amide bonds. The van der Waals surface area contributed by atoms with E-state index in [1.54, 1.807) is 54.6 Å². The summed E-state index contributed by atoms with van der Waals surface area (Å²) in [5, 5.41) is 1.26. The summed E-state index contributed by atoms with van der Waals surface area (Å²) >= 11 is 0. The summed E-state index contributed by atoms with van der Waals surface area (Å²) in [6.45, 7) is 4.00. The molecular weight excluding hydrogens is 603 g/mol. The van der Waals surface area contributed by atoms with Crippen molar-refractivity contribution in [1.29, 1.82) is 0 Å². The van der Waals surface area contributed by atoms with Crippen molar-refractivity contribution in [3.05, 3.63) is 199 Å². The molecule has 0 unspecified atom stereocenters.